The number of nitrogens with zero attached hydrogens (tertiary/aromatic N) is 2. The van der Waals surface area contributed by atoms with E-state index in [9.17, 15) is 0 Å². The number of hydrogen-bond acceptors (Lipinski definition) is 4. The number of oxazole rings is 1. The quantitative estimate of drug-likeness (QED) is 0.832. The van der Waals surface area contributed by atoms with Gasteiger partial charge < -0.3 is 9.73 Å². The monoisotopic (exact) mass is 203 g/mol. The lowest BCUT2D eigenvalue weighted by atomic mass is 10.2. The Morgan fingerprint density at radius 2 is 2.20 bits per heavy atom. The zero-order valence-electron chi connectivity index (χ0n) is 8.82. The molecule has 4 nitrogen and oxygen atoms in total. The highest BCUT2D eigenvalue weighted by molar-refractivity contribution is 5.61. The van der Waals surface area contributed by atoms with Gasteiger partial charge >= 0.3 is 0 Å². The highest BCUT2D eigenvalue weighted by Crippen LogP contribution is 2.21. The molecule has 4 heteroatoms. The van der Waals surface area contributed by atoms with Crippen molar-refractivity contribution in [1.29, 1.82) is 0 Å². The minimum Gasteiger partial charge on any atom is -0.441 e. The van der Waals surface area contributed by atoms with Gasteiger partial charge in [0.05, 0.1) is 11.9 Å². The summed E-state index contributed by atoms with van der Waals surface area (Å²) in [6, 6.07) is 2.00. The van der Waals surface area contributed by atoms with E-state index < -0.39 is 0 Å². The molecule has 0 atom stereocenters. The maximum absolute atomic E-state index is 5.42. The highest BCUT2D eigenvalue weighted by Gasteiger charge is 2.04. The van der Waals surface area contributed by atoms with Gasteiger partial charge in [-0.05, 0) is 13.0 Å². The number of hydrogen-bond donors (Lipinski definition) is 1. The molecule has 0 saturated carbocycles. The summed E-state index contributed by atoms with van der Waals surface area (Å²) in [6.45, 7) is 4.75. The molecule has 0 aliphatic rings. The Morgan fingerprint density at radius 3 is 2.87 bits per heavy atom. The van der Waals surface area contributed by atoms with E-state index in [1.807, 2.05) is 19.9 Å². The van der Waals surface area contributed by atoms with Crippen LogP contribution in [0.15, 0.2) is 29.1 Å². The van der Waals surface area contributed by atoms with Crippen LogP contribution in [0.3, 0.4) is 0 Å². The number of rotatable bonds is 3. The smallest absolute Gasteiger partial charge is 0.191 e. The van der Waals surface area contributed by atoms with Crippen LogP contribution < -0.4 is 5.32 Å². The van der Waals surface area contributed by atoms with Gasteiger partial charge in [-0.15, -0.1) is 0 Å². The molecule has 0 radical (unpaired) electrons. The second-order valence-corrected chi connectivity index (χ2v) is 3.24. The molecule has 0 saturated heterocycles. The Morgan fingerprint density at radius 1 is 1.33 bits per heavy atom. The Labute approximate surface area is 88.4 Å². The van der Waals surface area contributed by atoms with Gasteiger partial charge in [-0.3, -0.25) is 4.98 Å². The van der Waals surface area contributed by atoms with E-state index in [0.717, 1.165) is 23.6 Å². The number of aryl methyl sites for hydroxylation is 1. The largest absolute Gasteiger partial charge is 0.441 e. The molecule has 2 heterocycles. The summed E-state index contributed by atoms with van der Waals surface area (Å²) < 4.78 is 5.42. The van der Waals surface area contributed by atoms with Gasteiger partial charge in [-0.1, -0.05) is 0 Å². The fourth-order valence-corrected chi connectivity index (χ4v) is 1.37. The predicted molar refractivity (Wildman–Crippen MR) is 58.6 cm³/mol. The molecular formula is C11H13N3O. The standard InChI is InChI=1S/C11H13N3O/c1-3-13-10-4-9(5-12-6-10)11-7-14-8(2)15-11/h4-7,13H,3H2,1-2H3. The first-order chi connectivity index (χ1) is 7.29. The Kier molecular flexibility index (Phi) is 2.67. The molecule has 0 bridgehead atoms. The van der Waals surface area contributed by atoms with Crippen molar-refractivity contribution >= 4 is 5.69 Å². The number of pyridine rings is 1. The van der Waals surface area contributed by atoms with Crippen LogP contribution in [0.1, 0.15) is 12.8 Å². The van der Waals surface area contributed by atoms with Crippen molar-refractivity contribution in [3.8, 4) is 11.3 Å². The molecular weight excluding hydrogens is 190 g/mol. The summed E-state index contributed by atoms with van der Waals surface area (Å²) in [5.74, 6) is 1.42. The lowest BCUT2D eigenvalue weighted by Crippen LogP contribution is -1.96. The molecule has 2 rings (SSSR count). The van der Waals surface area contributed by atoms with Crippen molar-refractivity contribution in [2.45, 2.75) is 13.8 Å². The second-order valence-electron chi connectivity index (χ2n) is 3.24. The lowest BCUT2D eigenvalue weighted by Gasteiger charge is -2.03. The molecule has 2 aromatic heterocycles. The van der Waals surface area contributed by atoms with Crippen LogP contribution in [-0.4, -0.2) is 16.5 Å². The maximum Gasteiger partial charge on any atom is 0.191 e. The molecule has 0 aliphatic carbocycles. The van der Waals surface area contributed by atoms with E-state index in [2.05, 4.69) is 15.3 Å². The summed E-state index contributed by atoms with van der Waals surface area (Å²) >= 11 is 0. The first kappa shape index (κ1) is 9.71. The summed E-state index contributed by atoms with van der Waals surface area (Å²) in [7, 11) is 0. The Hall–Kier alpha value is -1.84. The molecule has 15 heavy (non-hydrogen) atoms. The molecule has 78 valence electrons. The van der Waals surface area contributed by atoms with E-state index in [4.69, 9.17) is 4.42 Å². The van der Waals surface area contributed by atoms with E-state index in [-0.39, 0.29) is 0 Å². The molecule has 1 N–H and O–H groups in total. The minimum absolute atomic E-state index is 0.666. The van der Waals surface area contributed by atoms with Gasteiger partial charge in [0.25, 0.3) is 0 Å². The van der Waals surface area contributed by atoms with Crippen LogP contribution in [0.4, 0.5) is 5.69 Å². The molecule has 0 aliphatic heterocycles. The minimum atomic E-state index is 0.666. The van der Waals surface area contributed by atoms with Crippen molar-refractivity contribution in [2.75, 3.05) is 11.9 Å². The zero-order chi connectivity index (χ0) is 10.7. The fourth-order valence-electron chi connectivity index (χ4n) is 1.37. The SMILES string of the molecule is CCNc1cncc(-c2cnc(C)o2)c1. The third-order valence-corrected chi connectivity index (χ3v) is 2.02. The normalized spacial score (nSPS) is 10.3. The Bertz CT molecular complexity index is 451. The van der Waals surface area contributed by atoms with Crippen molar-refractivity contribution < 1.29 is 4.42 Å². The number of anilines is 1. The third-order valence-electron chi connectivity index (χ3n) is 2.02. The Balaban J connectivity index is 2.32. The van der Waals surface area contributed by atoms with Crippen LogP contribution >= 0.6 is 0 Å². The molecule has 0 fully saturated rings. The first-order valence-electron chi connectivity index (χ1n) is 4.91. The van der Waals surface area contributed by atoms with E-state index in [1.165, 1.54) is 0 Å². The van der Waals surface area contributed by atoms with E-state index in [1.54, 1.807) is 18.6 Å². The molecule has 0 aromatic carbocycles. The molecule has 0 spiro atoms. The average Bonchev–Trinajstić information content (AvgIpc) is 2.66. The fraction of sp³-hybridized carbons (Fsp3) is 0.273. The van der Waals surface area contributed by atoms with Gasteiger partial charge in [-0.2, -0.15) is 0 Å². The highest BCUT2D eigenvalue weighted by atomic mass is 16.4. The predicted octanol–water partition coefficient (Wildman–Crippen LogP) is 2.48. The van der Waals surface area contributed by atoms with E-state index >= 15 is 0 Å². The van der Waals surface area contributed by atoms with Crippen LogP contribution in [0.25, 0.3) is 11.3 Å². The maximum atomic E-state index is 5.42. The van der Waals surface area contributed by atoms with Crippen molar-refractivity contribution in [1.82, 2.24) is 9.97 Å². The average molecular weight is 203 g/mol. The van der Waals surface area contributed by atoms with Gasteiger partial charge in [0, 0.05) is 31.4 Å². The number of nitrogens with one attached hydrogen (secondary N) is 1. The van der Waals surface area contributed by atoms with Crippen LogP contribution in [0.2, 0.25) is 0 Å². The summed E-state index contributed by atoms with van der Waals surface area (Å²) in [6.07, 6.45) is 5.26. The van der Waals surface area contributed by atoms with E-state index in [0.29, 0.717) is 5.89 Å². The van der Waals surface area contributed by atoms with Gasteiger partial charge in [0.1, 0.15) is 0 Å². The lowest BCUT2D eigenvalue weighted by molar-refractivity contribution is 0.534. The van der Waals surface area contributed by atoms with Crippen molar-refractivity contribution in [2.24, 2.45) is 0 Å². The van der Waals surface area contributed by atoms with Crippen LogP contribution in [0, 0.1) is 6.92 Å². The molecule has 0 unspecified atom stereocenters. The third kappa shape index (κ3) is 2.15. The second kappa shape index (κ2) is 4.13. The van der Waals surface area contributed by atoms with Gasteiger partial charge in [0.2, 0.25) is 0 Å². The van der Waals surface area contributed by atoms with Gasteiger partial charge in [-0.25, -0.2) is 4.98 Å². The summed E-state index contributed by atoms with van der Waals surface area (Å²) in [5.41, 5.74) is 1.93. The topological polar surface area (TPSA) is 51.0 Å². The van der Waals surface area contributed by atoms with Crippen LogP contribution in [0.5, 0.6) is 0 Å². The zero-order valence-corrected chi connectivity index (χ0v) is 8.82. The van der Waals surface area contributed by atoms with Gasteiger partial charge in [0.15, 0.2) is 11.7 Å². The first-order valence-corrected chi connectivity index (χ1v) is 4.91. The van der Waals surface area contributed by atoms with Crippen molar-refractivity contribution in [3.05, 3.63) is 30.5 Å². The summed E-state index contributed by atoms with van der Waals surface area (Å²) in [4.78, 5) is 8.19. The number of aromatic nitrogens is 2. The summed E-state index contributed by atoms with van der Waals surface area (Å²) in [5, 5.41) is 3.20. The van der Waals surface area contributed by atoms with Crippen LogP contribution in [-0.2, 0) is 0 Å². The molecule has 2 aromatic rings. The molecule has 0 amide bonds. The van der Waals surface area contributed by atoms with Crippen molar-refractivity contribution in [3.63, 3.8) is 0 Å².